The van der Waals surface area contributed by atoms with Crippen LogP contribution in [0.15, 0.2) is 0 Å². The van der Waals surface area contributed by atoms with Crippen LogP contribution in [0.1, 0.15) is 32.6 Å². The van der Waals surface area contributed by atoms with Crippen molar-refractivity contribution in [2.24, 2.45) is 5.41 Å². The van der Waals surface area contributed by atoms with E-state index >= 15 is 0 Å². The van der Waals surface area contributed by atoms with Crippen LogP contribution in [0.5, 0.6) is 0 Å². The second-order valence-corrected chi connectivity index (χ2v) is 4.89. The fraction of sp³-hybridized carbons (Fsp3) is 0.833. The number of morpholine rings is 1. The summed E-state index contributed by atoms with van der Waals surface area (Å²) in [5.41, 5.74) is -1.13. The van der Waals surface area contributed by atoms with Crippen LogP contribution in [0.25, 0.3) is 0 Å². The lowest BCUT2D eigenvalue weighted by Gasteiger charge is -2.42. The fourth-order valence-corrected chi connectivity index (χ4v) is 2.50. The Kier molecular flexibility index (Phi) is 3.38. The Balaban J connectivity index is 2.06. The normalized spacial score (nSPS) is 27.4. The highest BCUT2D eigenvalue weighted by Crippen LogP contribution is 2.43. The number of amides is 1. The first kappa shape index (κ1) is 12.4. The molecule has 1 amide bonds. The number of rotatable bonds is 3. The van der Waals surface area contributed by atoms with E-state index in [-0.39, 0.29) is 12.0 Å². The summed E-state index contributed by atoms with van der Waals surface area (Å²) in [5.74, 6) is -1.17. The molecule has 96 valence electrons. The molecule has 17 heavy (non-hydrogen) atoms. The van der Waals surface area contributed by atoms with E-state index in [1.165, 1.54) is 0 Å². The van der Waals surface area contributed by atoms with E-state index in [2.05, 4.69) is 0 Å². The number of hydrogen-bond acceptors (Lipinski definition) is 3. The smallest absolute Gasteiger partial charge is 0.319 e. The van der Waals surface area contributed by atoms with E-state index in [4.69, 9.17) is 4.74 Å². The molecule has 1 aliphatic carbocycles. The van der Waals surface area contributed by atoms with Crippen molar-refractivity contribution >= 4 is 11.9 Å². The zero-order valence-corrected chi connectivity index (χ0v) is 10.1. The SMILES string of the molecule is CCC1CN(C(=O)C2(C(=O)O)CCC2)CCO1. The Bertz CT molecular complexity index is 324. The van der Waals surface area contributed by atoms with Gasteiger partial charge in [0, 0.05) is 13.1 Å². The summed E-state index contributed by atoms with van der Waals surface area (Å²) < 4.78 is 5.49. The second kappa shape index (κ2) is 4.64. The van der Waals surface area contributed by atoms with Crippen molar-refractivity contribution in [2.45, 2.75) is 38.7 Å². The van der Waals surface area contributed by atoms with Crippen molar-refractivity contribution in [3.63, 3.8) is 0 Å². The fourth-order valence-electron chi connectivity index (χ4n) is 2.50. The van der Waals surface area contributed by atoms with Crippen molar-refractivity contribution in [3.05, 3.63) is 0 Å². The molecule has 5 nitrogen and oxygen atoms in total. The molecule has 1 aliphatic heterocycles. The summed E-state index contributed by atoms with van der Waals surface area (Å²) in [6, 6.07) is 0. The Morgan fingerprint density at radius 2 is 2.18 bits per heavy atom. The maximum Gasteiger partial charge on any atom is 0.319 e. The van der Waals surface area contributed by atoms with Crippen molar-refractivity contribution in [3.8, 4) is 0 Å². The van der Waals surface area contributed by atoms with Gasteiger partial charge in [0.1, 0.15) is 5.41 Å². The van der Waals surface area contributed by atoms with Gasteiger partial charge in [0.25, 0.3) is 0 Å². The Hall–Kier alpha value is -1.10. The number of carboxylic acid groups (broad SMARTS) is 1. The minimum atomic E-state index is -1.13. The van der Waals surface area contributed by atoms with E-state index in [1.807, 2.05) is 6.92 Å². The van der Waals surface area contributed by atoms with Gasteiger partial charge >= 0.3 is 5.97 Å². The number of carboxylic acids is 1. The van der Waals surface area contributed by atoms with Gasteiger partial charge in [-0.25, -0.2) is 0 Å². The Morgan fingerprint density at radius 3 is 2.65 bits per heavy atom. The van der Waals surface area contributed by atoms with Crippen LogP contribution in [0, 0.1) is 5.41 Å². The van der Waals surface area contributed by atoms with Gasteiger partial charge in [-0.1, -0.05) is 13.3 Å². The predicted molar refractivity (Wildman–Crippen MR) is 60.5 cm³/mol. The summed E-state index contributed by atoms with van der Waals surface area (Å²) in [6.07, 6.45) is 2.70. The number of hydrogen-bond donors (Lipinski definition) is 1. The van der Waals surface area contributed by atoms with Crippen molar-refractivity contribution in [1.82, 2.24) is 4.90 Å². The van der Waals surface area contributed by atoms with Gasteiger partial charge < -0.3 is 14.7 Å². The molecular weight excluding hydrogens is 222 g/mol. The standard InChI is InChI=1S/C12H19NO4/c1-2-9-8-13(6-7-17-9)10(14)12(11(15)16)4-3-5-12/h9H,2-8H2,1H3,(H,15,16). The first-order valence-corrected chi connectivity index (χ1v) is 6.24. The summed E-state index contributed by atoms with van der Waals surface area (Å²) >= 11 is 0. The molecule has 0 bridgehead atoms. The average molecular weight is 241 g/mol. The van der Waals surface area contributed by atoms with Crippen LogP contribution in [0.2, 0.25) is 0 Å². The molecule has 1 N–H and O–H groups in total. The first-order valence-electron chi connectivity index (χ1n) is 6.24. The first-order chi connectivity index (χ1) is 8.10. The van der Waals surface area contributed by atoms with E-state index in [9.17, 15) is 14.7 Å². The van der Waals surface area contributed by atoms with Crippen LogP contribution in [-0.2, 0) is 14.3 Å². The number of carbonyl (C=O) groups excluding carboxylic acids is 1. The molecule has 0 aromatic heterocycles. The van der Waals surface area contributed by atoms with Crippen molar-refractivity contribution in [1.29, 1.82) is 0 Å². The predicted octanol–water partition coefficient (Wildman–Crippen LogP) is 0.879. The van der Waals surface area contributed by atoms with Gasteiger partial charge in [0.05, 0.1) is 12.7 Å². The van der Waals surface area contributed by atoms with Crippen LogP contribution < -0.4 is 0 Å². The molecule has 0 spiro atoms. The molecule has 2 aliphatic rings. The van der Waals surface area contributed by atoms with E-state index in [0.717, 1.165) is 12.8 Å². The molecular formula is C12H19NO4. The lowest BCUT2D eigenvalue weighted by atomic mass is 9.67. The van der Waals surface area contributed by atoms with Crippen LogP contribution in [0.4, 0.5) is 0 Å². The highest BCUT2D eigenvalue weighted by Gasteiger charge is 2.53. The highest BCUT2D eigenvalue weighted by molar-refractivity contribution is 6.02. The monoisotopic (exact) mass is 241 g/mol. The number of aliphatic carboxylic acids is 1. The van der Waals surface area contributed by atoms with Crippen molar-refractivity contribution in [2.75, 3.05) is 19.7 Å². The minimum absolute atomic E-state index is 0.0543. The van der Waals surface area contributed by atoms with Gasteiger partial charge in [-0.05, 0) is 19.3 Å². The number of carbonyl (C=O) groups is 2. The third-order valence-corrected chi connectivity index (χ3v) is 3.91. The van der Waals surface area contributed by atoms with E-state index in [1.54, 1.807) is 4.90 Å². The van der Waals surface area contributed by atoms with Gasteiger partial charge in [0.2, 0.25) is 5.91 Å². The van der Waals surface area contributed by atoms with Gasteiger partial charge in [-0.2, -0.15) is 0 Å². The molecule has 1 atom stereocenters. The molecule has 1 unspecified atom stereocenters. The molecule has 5 heteroatoms. The minimum Gasteiger partial charge on any atom is -0.480 e. The highest BCUT2D eigenvalue weighted by atomic mass is 16.5. The maximum absolute atomic E-state index is 12.3. The Labute approximate surface area is 101 Å². The zero-order chi connectivity index (χ0) is 12.5. The zero-order valence-electron chi connectivity index (χ0n) is 10.1. The molecule has 0 aromatic rings. The van der Waals surface area contributed by atoms with E-state index < -0.39 is 11.4 Å². The lowest BCUT2D eigenvalue weighted by molar-refractivity contribution is -0.171. The summed E-state index contributed by atoms with van der Waals surface area (Å²) in [4.78, 5) is 25.2. The molecule has 1 saturated heterocycles. The molecule has 1 saturated carbocycles. The third kappa shape index (κ3) is 2.04. The molecule has 2 rings (SSSR count). The van der Waals surface area contributed by atoms with E-state index in [0.29, 0.717) is 32.5 Å². The number of ether oxygens (including phenoxy) is 1. The average Bonchev–Trinajstić information content (AvgIpc) is 2.27. The molecule has 0 aromatic carbocycles. The largest absolute Gasteiger partial charge is 0.480 e. The third-order valence-electron chi connectivity index (χ3n) is 3.91. The van der Waals surface area contributed by atoms with Crippen LogP contribution in [-0.4, -0.2) is 47.7 Å². The molecule has 0 radical (unpaired) electrons. The van der Waals surface area contributed by atoms with Gasteiger partial charge in [-0.15, -0.1) is 0 Å². The molecule has 2 fully saturated rings. The quantitative estimate of drug-likeness (QED) is 0.745. The van der Waals surface area contributed by atoms with Gasteiger partial charge in [0.15, 0.2) is 0 Å². The van der Waals surface area contributed by atoms with Crippen LogP contribution >= 0.6 is 0 Å². The van der Waals surface area contributed by atoms with Gasteiger partial charge in [-0.3, -0.25) is 9.59 Å². The topological polar surface area (TPSA) is 66.8 Å². The summed E-state index contributed by atoms with van der Waals surface area (Å²) in [7, 11) is 0. The molecule has 1 heterocycles. The maximum atomic E-state index is 12.3. The Morgan fingerprint density at radius 1 is 1.47 bits per heavy atom. The van der Waals surface area contributed by atoms with Crippen molar-refractivity contribution < 1.29 is 19.4 Å². The number of nitrogens with zero attached hydrogens (tertiary/aromatic N) is 1. The summed E-state index contributed by atoms with van der Waals surface area (Å²) in [6.45, 7) is 3.57. The van der Waals surface area contributed by atoms with Crippen LogP contribution in [0.3, 0.4) is 0 Å². The summed E-state index contributed by atoms with van der Waals surface area (Å²) in [5, 5.41) is 9.23. The lowest BCUT2D eigenvalue weighted by Crippen LogP contribution is -2.56. The second-order valence-electron chi connectivity index (χ2n) is 4.89.